The summed E-state index contributed by atoms with van der Waals surface area (Å²) in [6, 6.07) is 6.45. The van der Waals surface area contributed by atoms with Crippen LogP contribution in [0.25, 0.3) is 0 Å². The molecule has 3 aromatic carbocycles. The van der Waals surface area contributed by atoms with Crippen molar-refractivity contribution < 1.29 is 55.0 Å². The minimum Gasteiger partial charge on any atom is -0.465 e. The van der Waals surface area contributed by atoms with Gasteiger partial charge in [-0.3, -0.25) is 0 Å². The lowest BCUT2D eigenvalue weighted by Crippen LogP contribution is -2.71. The summed E-state index contributed by atoms with van der Waals surface area (Å²) in [6.45, 7) is -1.72. The van der Waals surface area contributed by atoms with Gasteiger partial charge in [-0.15, -0.1) is 0 Å². The molecule has 250 valence electrons. The Balaban J connectivity index is 1.54. The number of esters is 2. The predicted molar refractivity (Wildman–Crippen MR) is 152 cm³/mol. The number of hydrazine groups is 2. The Labute approximate surface area is 268 Å². The van der Waals surface area contributed by atoms with Gasteiger partial charge in [0, 0.05) is 11.1 Å². The number of benzene rings is 3. The summed E-state index contributed by atoms with van der Waals surface area (Å²) < 4.78 is 94.0. The number of methoxy groups -OCH3 is 2. The zero-order valence-electron chi connectivity index (χ0n) is 25.0. The fraction of sp³-hybridized carbons (Fsp3) is 0.250. The molecule has 16 heteroatoms. The van der Waals surface area contributed by atoms with Crippen molar-refractivity contribution in [2.24, 2.45) is 0 Å². The number of carbonyl (C=O) groups is 4. The summed E-state index contributed by atoms with van der Waals surface area (Å²) in [4.78, 5) is 54.6. The van der Waals surface area contributed by atoms with Crippen molar-refractivity contribution in [1.29, 1.82) is 0 Å². The van der Waals surface area contributed by atoms with Gasteiger partial charge in [0.05, 0.1) is 49.6 Å². The maximum atomic E-state index is 14.4. The summed E-state index contributed by atoms with van der Waals surface area (Å²) in [5.41, 5.74) is -3.01. The molecule has 0 aromatic heterocycles. The van der Waals surface area contributed by atoms with E-state index >= 15 is 0 Å². The summed E-state index contributed by atoms with van der Waals surface area (Å²) in [5.74, 6) is -1.68. The average Bonchev–Trinajstić information content (AvgIpc) is 3.06. The molecule has 7 rings (SSSR count). The van der Waals surface area contributed by atoms with E-state index in [1.165, 1.54) is 36.4 Å². The summed E-state index contributed by atoms with van der Waals surface area (Å²) in [5, 5.41) is 3.11. The van der Waals surface area contributed by atoms with E-state index in [-0.39, 0.29) is 22.3 Å². The normalized spacial score (nSPS) is 18.6. The van der Waals surface area contributed by atoms with E-state index in [0.717, 1.165) is 60.6 Å². The van der Waals surface area contributed by atoms with E-state index in [2.05, 4.69) is 0 Å². The van der Waals surface area contributed by atoms with E-state index in [0.29, 0.717) is 10.0 Å². The summed E-state index contributed by atoms with van der Waals surface area (Å²) in [6.07, 6.45) is -6.80. The lowest BCUT2D eigenvalue weighted by atomic mass is 9.80. The number of carbonyl (C=O) groups excluding carboxylic acids is 4. The van der Waals surface area contributed by atoms with Crippen LogP contribution in [-0.2, 0) is 34.9 Å². The van der Waals surface area contributed by atoms with Gasteiger partial charge in [-0.05, 0) is 35.4 Å². The highest BCUT2D eigenvalue weighted by atomic mass is 19.4. The first kappa shape index (κ1) is 32.4. The van der Waals surface area contributed by atoms with Crippen LogP contribution in [0, 0.1) is 0 Å². The Kier molecular flexibility index (Phi) is 7.84. The Hall–Kier alpha value is -5.54. The van der Waals surface area contributed by atoms with Crippen LogP contribution in [0.3, 0.4) is 0 Å². The molecular weight excluding hydrogens is 650 g/mol. The molecule has 4 aliphatic rings. The van der Waals surface area contributed by atoms with E-state index < -0.39 is 83.8 Å². The molecule has 0 spiro atoms. The molecule has 3 aliphatic heterocycles. The van der Waals surface area contributed by atoms with Crippen molar-refractivity contribution in [2.75, 3.05) is 14.2 Å². The van der Waals surface area contributed by atoms with E-state index in [9.17, 15) is 45.5 Å². The second-order valence-electron chi connectivity index (χ2n) is 10.9. The number of hydrogen-bond donors (Lipinski definition) is 0. The highest BCUT2D eigenvalue weighted by Gasteiger charge is 2.55. The van der Waals surface area contributed by atoms with Crippen molar-refractivity contribution in [2.45, 2.75) is 37.5 Å². The molecule has 2 atom stereocenters. The number of alkyl halides is 6. The SMILES string of the molecule is COC(=O)c1ccc(C(=O)OC)c2c1C1C=CC2N2C(=O)N(Cc3ccccc3C(F)(F)F)N(Cc3ccccc3C(F)(F)F)C(=O)N12. The molecule has 3 heterocycles. The number of amides is 4. The van der Waals surface area contributed by atoms with Gasteiger partial charge in [0.25, 0.3) is 0 Å². The van der Waals surface area contributed by atoms with Crippen molar-refractivity contribution in [3.8, 4) is 0 Å². The van der Waals surface area contributed by atoms with Crippen LogP contribution in [0.5, 0.6) is 0 Å². The van der Waals surface area contributed by atoms with Gasteiger partial charge < -0.3 is 9.47 Å². The average molecular weight is 675 g/mol. The predicted octanol–water partition coefficient (Wildman–Crippen LogP) is 6.66. The molecule has 48 heavy (non-hydrogen) atoms. The summed E-state index contributed by atoms with van der Waals surface area (Å²) in [7, 11) is 2.22. The second-order valence-corrected chi connectivity index (χ2v) is 10.9. The van der Waals surface area contributed by atoms with Crippen LogP contribution in [0.1, 0.15) is 66.2 Å². The zero-order valence-corrected chi connectivity index (χ0v) is 25.0. The first-order valence-corrected chi connectivity index (χ1v) is 14.2. The lowest BCUT2D eigenvalue weighted by molar-refractivity contribution is -0.142. The van der Waals surface area contributed by atoms with Crippen molar-refractivity contribution >= 4 is 24.0 Å². The smallest absolute Gasteiger partial charge is 0.416 e. The Morgan fingerprint density at radius 3 is 1.31 bits per heavy atom. The molecule has 0 N–H and O–H groups in total. The molecule has 1 fully saturated rings. The largest absolute Gasteiger partial charge is 0.465 e. The van der Waals surface area contributed by atoms with Crippen molar-refractivity contribution in [1.82, 2.24) is 20.0 Å². The van der Waals surface area contributed by atoms with E-state index in [1.807, 2.05) is 0 Å². The minimum absolute atomic E-state index is 0.0603. The van der Waals surface area contributed by atoms with E-state index in [4.69, 9.17) is 9.47 Å². The van der Waals surface area contributed by atoms with Gasteiger partial charge in [0.15, 0.2) is 0 Å². The highest BCUT2D eigenvalue weighted by molar-refractivity contribution is 5.99. The fourth-order valence-electron chi connectivity index (χ4n) is 6.29. The first-order chi connectivity index (χ1) is 22.7. The third-order valence-electron chi connectivity index (χ3n) is 8.33. The molecule has 0 radical (unpaired) electrons. The van der Waals surface area contributed by atoms with E-state index in [1.54, 1.807) is 0 Å². The van der Waals surface area contributed by atoms with Crippen LogP contribution in [0.15, 0.2) is 72.8 Å². The zero-order chi connectivity index (χ0) is 34.7. The Morgan fingerprint density at radius 2 is 0.979 bits per heavy atom. The van der Waals surface area contributed by atoms with Crippen LogP contribution in [-0.4, -0.2) is 58.3 Å². The van der Waals surface area contributed by atoms with Crippen LogP contribution in [0.2, 0.25) is 0 Å². The molecular formula is C32H24F6N4O6. The second kappa shape index (κ2) is 11.6. The first-order valence-electron chi connectivity index (χ1n) is 14.2. The molecule has 1 aliphatic carbocycles. The Morgan fingerprint density at radius 1 is 0.625 bits per heavy atom. The number of rotatable bonds is 6. The standard InChI is InChI=1S/C32H24F6N4O6/c1-47-27(43)19-11-12-20(28(44)48-2)26-24-14-13-23(25(19)26)41-29(45)39(15-17-7-3-5-9-21(17)31(33,34)35)40(30(46)42(24)41)16-18-8-4-6-10-22(18)32(36,37)38/h3-14,23-24H,15-16H2,1-2H3. The van der Waals surface area contributed by atoms with Gasteiger partial charge in [-0.25, -0.2) is 39.2 Å². The molecule has 2 bridgehead atoms. The maximum Gasteiger partial charge on any atom is 0.416 e. The van der Waals surface area contributed by atoms with Gasteiger partial charge in [-0.1, -0.05) is 48.6 Å². The topological polar surface area (TPSA) is 99.7 Å². The number of halogens is 6. The molecule has 10 nitrogen and oxygen atoms in total. The highest BCUT2D eigenvalue weighted by Crippen LogP contribution is 2.51. The third kappa shape index (κ3) is 5.16. The lowest BCUT2D eigenvalue weighted by Gasteiger charge is -2.57. The van der Waals surface area contributed by atoms with Gasteiger partial charge in [0.2, 0.25) is 0 Å². The van der Waals surface area contributed by atoms with Gasteiger partial charge in [-0.2, -0.15) is 26.3 Å². The van der Waals surface area contributed by atoms with Crippen LogP contribution in [0.4, 0.5) is 35.9 Å². The summed E-state index contributed by atoms with van der Waals surface area (Å²) >= 11 is 0. The maximum absolute atomic E-state index is 14.4. The number of nitrogens with zero attached hydrogens (tertiary/aromatic N) is 4. The van der Waals surface area contributed by atoms with Gasteiger partial charge >= 0.3 is 36.4 Å². The van der Waals surface area contributed by atoms with Crippen LogP contribution >= 0.6 is 0 Å². The van der Waals surface area contributed by atoms with Crippen molar-refractivity contribution in [3.05, 3.63) is 117 Å². The quantitative estimate of drug-likeness (QED) is 0.165. The molecule has 2 unspecified atom stereocenters. The number of ether oxygens (including phenoxy) is 2. The minimum atomic E-state index is -4.87. The number of urea groups is 2. The fourth-order valence-corrected chi connectivity index (χ4v) is 6.29. The molecule has 3 aromatic rings. The monoisotopic (exact) mass is 674 g/mol. The molecule has 4 amide bonds. The van der Waals surface area contributed by atoms with Crippen LogP contribution < -0.4 is 0 Å². The van der Waals surface area contributed by atoms with Gasteiger partial charge in [0.1, 0.15) is 12.1 Å². The third-order valence-corrected chi connectivity index (χ3v) is 8.33. The number of hydrogen-bond acceptors (Lipinski definition) is 6. The Bertz CT molecular complexity index is 1740. The molecule has 0 saturated carbocycles. The molecule has 1 saturated heterocycles. The van der Waals surface area contributed by atoms with Crippen molar-refractivity contribution in [3.63, 3.8) is 0 Å².